The number of carbonyl (C=O) groups excluding carboxylic acids is 1. The molecule has 1 aromatic rings. The smallest absolute Gasteiger partial charge is 0.230 e. The van der Waals surface area contributed by atoms with Gasteiger partial charge in [0, 0.05) is 11.4 Å². The number of hydrogen-bond donors (Lipinski definition) is 1. The highest BCUT2D eigenvalue weighted by Crippen LogP contribution is 2.33. The summed E-state index contributed by atoms with van der Waals surface area (Å²) in [7, 11) is 0. The van der Waals surface area contributed by atoms with Crippen molar-refractivity contribution in [3.05, 3.63) is 27.7 Å². The molecule has 0 saturated carbocycles. The number of ether oxygens (including phenoxy) is 1. The van der Waals surface area contributed by atoms with E-state index in [0.29, 0.717) is 6.61 Å². The van der Waals surface area contributed by atoms with E-state index in [1.165, 1.54) is 24.2 Å². The van der Waals surface area contributed by atoms with E-state index in [1.54, 1.807) is 0 Å². The number of piperidine rings is 1. The average molecular weight is 375 g/mol. The Balaban J connectivity index is 0.00000161. The largest absolute Gasteiger partial charge is 1.00 e. The molecule has 2 aliphatic heterocycles. The molecule has 0 aromatic heterocycles. The Labute approximate surface area is 140 Å². The van der Waals surface area contributed by atoms with Crippen LogP contribution >= 0.6 is 15.9 Å². The minimum atomic E-state index is -0.428. The third-order valence-electron chi connectivity index (χ3n) is 4.76. The maximum Gasteiger partial charge on any atom is 0.230 e. The van der Waals surface area contributed by atoms with E-state index in [2.05, 4.69) is 22.9 Å². The second kappa shape index (κ2) is 6.27. The number of rotatable bonds is 1. The summed E-state index contributed by atoms with van der Waals surface area (Å²) in [5, 5.41) is 0. The maximum atomic E-state index is 13.0. The van der Waals surface area contributed by atoms with Gasteiger partial charge in [-0.05, 0) is 43.9 Å². The van der Waals surface area contributed by atoms with Crippen LogP contribution < -0.4 is 22.0 Å². The third-order valence-corrected chi connectivity index (χ3v) is 5.61. The van der Waals surface area contributed by atoms with Gasteiger partial charge < -0.3 is 22.0 Å². The maximum absolute atomic E-state index is 13.0. The van der Waals surface area contributed by atoms with Crippen LogP contribution in [0.4, 0.5) is 0 Å². The zero-order valence-corrected chi connectivity index (χ0v) is 14.8. The van der Waals surface area contributed by atoms with Crippen molar-refractivity contribution in [1.82, 2.24) is 0 Å². The highest BCUT2D eigenvalue weighted by Gasteiger charge is 2.48. The minimum absolute atomic E-state index is 0. The van der Waals surface area contributed by atoms with Crippen molar-refractivity contribution in [2.75, 3.05) is 19.7 Å². The van der Waals surface area contributed by atoms with Crippen LogP contribution in [-0.2, 0) is 0 Å². The van der Waals surface area contributed by atoms with Crippen LogP contribution in [0.25, 0.3) is 0 Å². The van der Waals surface area contributed by atoms with Gasteiger partial charge in [0.05, 0.1) is 18.7 Å². The quantitative estimate of drug-likeness (QED) is 0.695. The van der Waals surface area contributed by atoms with Crippen molar-refractivity contribution in [2.24, 2.45) is 0 Å². The van der Waals surface area contributed by atoms with Crippen molar-refractivity contribution < 1.29 is 26.8 Å². The van der Waals surface area contributed by atoms with Gasteiger partial charge in [0.1, 0.15) is 5.75 Å². The number of ketones is 1. The molecule has 1 aromatic carbocycles. The fourth-order valence-corrected chi connectivity index (χ4v) is 3.67. The summed E-state index contributed by atoms with van der Waals surface area (Å²) < 4.78 is 6.91. The summed E-state index contributed by atoms with van der Waals surface area (Å²) in [6.07, 6.45) is 3.71. The Bertz CT molecular complexity index is 557. The molecule has 21 heavy (non-hydrogen) atoms. The molecular weight excluding hydrogens is 354 g/mol. The minimum Gasteiger partial charge on any atom is -1.00 e. The summed E-state index contributed by atoms with van der Waals surface area (Å²) in [6, 6.07) is 3.89. The van der Waals surface area contributed by atoms with E-state index in [1.807, 2.05) is 19.1 Å². The Morgan fingerprint density at radius 2 is 1.90 bits per heavy atom. The van der Waals surface area contributed by atoms with E-state index in [4.69, 9.17) is 4.74 Å². The number of likely N-dealkylation sites (tertiary alicyclic amines) is 1. The van der Waals surface area contributed by atoms with Gasteiger partial charge in [-0.25, -0.2) is 0 Å². The average Bonchev–Trinajstić information content (AvgIpc) is 2.46. The number of hydrogen-bond acceptors (Lipinski definition) is 2. The number of aryl methyl sites for hydroxylation is 1. The summed E-state index contributed by atoms with van der Waals surface area (Å²) >= 11 is 3.52. The molecule has 116 valence electrons. The highest BCUT2D eigenvalue weighted by molar-refractivity contribution is 9.10. The fraction of sp³-hybridized carbons (Fsp3) is 0.562. The van der Waals surface area contributed by atoms with Gasteiger partial charge in [-0.2, -0.15) is 0 Å². The number of benzene rings is 1. The lowest BCUT2D eigenvalue weighted by atomic mass is 9.85. The van der Waals surface area contributed by atoms with Crippen LogP contribution in [-0.4, -0.2) is 31.0 Å². The van der Waals surface area contributed by atoms with Gasteiger partial charge in [0.2, 0.25) is 5.78 Å². The molecule has 3 rings (SSSR count). The first-order valence-corrected chi connectivity index (χ1v) is 8.14. The van der Waals surface area contributed by atoms with E-state index in [-0.39, 0.29) is 18.2 Å². The third kappa shape index (κ3) is 2.86. The molecule has 1 unspecified atom stereocenters. The molecular formula is C16H21BrClNO2. The molecule has 0 bridgehead atoms. The van der Waals surface area contributed by atoms with Gasteiger partial charge in [-0.15, -0.1) is 0 Å². The summed E-state index contributed by atoms with van der Waals surface area (Å²) in [5.41, 5.74) is 1.40. The SMILES string of the molecule is Cc1cc2c(cc1Br)C(=O)C(C)([NH+]1CCCCC1)CO2.[Cl-]. The molecule has 0 amide bonds. The predicted molar refractivity (Wildman–Crippen MR) is 81.7 cm³/mol. The van der Waals surface area contributed by atoms with Gasteiger partial charge in [-0.3, -0.25) is 4.79 Å². The van der Waals surface area contributed by atoms with Gasteiger partial charge >= 0.3 is 0 Å². The van der Waals surface area contributed by atoms with Crippen LogP contribution in [0.5, 0.6) is 5.75 Å². The summed E-state index contributed by atoms with van der Waals surface area (Å²) in [4.78, 5) is 14.4. The van der Waals surface area contributed by atoms with Gasteiger partial charge in [0.15, 0.2) is 12.1 Å². The molecule has 1 N–H and O–H groups in total. The van der Waals surface area contributed by atoms with Crippen molar-refractivity contribution >= 4 is 21.7 Å². The summed E-state index contributed by atoms with van der Waals surface area (Å²) in [5.74, 6) is 0.973. The van der Waals surface area contributed by atoms with E-state index in [9.17, 15) is 4.79 Å². The van der Waals surface area contributed by atoms with E-state index >= 15 is 0 Å². The van der Waals surface area contributed by atoms with Crippen LogP contribution in [0.15, 0.2) is 16.6 Å². The predicted octanol–water partition coefficient (Wildman–Crippen LogP) is -0.836. The number of halogens is 2. The van der Waals surface area contributed by atoms with Crippen LogP contribution in [0.1, 0.15) is 42.1 Å². The number of nitrogens with one attached hydrogen (secondary N) is 1. The second-order valence-corrected chi connectivity index (χ2v) is 7.07. The molecule has 5 heteroatoms. The Hall–Kier alpha value is -0.580. The summed E-state index contributed by atoms with van der Waals surface area (Å²) in [6.45, 7) is 6.73. The fourth-order valence-electron chi connectivity index (χ4n) is 3.33. The molecule has 0 spiro atoms. The first kappa shape index (κ1) is 16.8. The molecule has 2 aliphatic rings. The number of Topliss-reactive ketones (excluding diaryl/α,β-unsaturated/α-hetero) is 1. The molecule has 0 aliphatic carbocycles. The molecule has 2 heterocycles. The highest BCUT2D eigenvalue weighted by atomic mass is 79.9. The first-order valence-electron chi connectivity index (χ1n) is 7.35. The van der Waals surface area contributed by atoms with Crippen LogP contribution in [0, 0.1) is 6.92 Å². The normalized spacial score (nSPS) is 25.8. The Morgan fingerprint density at radius 1 is 1.24 bits per heavy atom. The number of carbonyl (C=O) groups is 1. The second-order valence-electron chi connectivity index (χ2n) is 6.21. The lowest BCUT2D eigenvalue weighted by molar-refractivity contribution is -0.944. The van der Waals surface area contributed by atoms with Crippen molar-refractivity contribution in [3.8, 4) is 5.75 Å². The zero-order chi connectivity index (χ0) is 14.3. The molecule has 3 nitrogen and oxygen atoms in total. The standard InChI is InChI=1S/C16H20BrNO2.ClH/c1-11-8-14-12(9-13(11)17)15(19)16(2,10-20-14)18-6-4-3-5-7-18;/h8-9H,3-7,10H2,1-2H3;1H. The molecule has 1 saturated heterocycles. The lowest BCUT2D eigenvalue weighted by Gasteiger charge is -2.41. The van der Waals surface area contributed by atoms with E-state index < -0.39 is 5.54 Å². The first-order chi connectivity index (χ1) is 9.52. The Kier molecular flexibility index (Phi) is 5.01. The molecule has 1 fully saturated rings. The molecule has 1 atom stereocenters. The van der Waals surface area contributed by atoms with E-state index in [0.717, 1.165) is 34.4 Å². The van der Waals surface area contributed by atoms with Crippen molar-refractivity contribution in [1.29, 1.82) is 0 Å². The van der Waals surface area contributed by atoms with Crippen LogP contribution in [0.2, 0.25) is 0 Å². The molecule has 0 radical (unpaired) electrons. The Morgan fingerprint density at radius 3 is 2.57 bits per heavy atom. The van der Waals surface area contributed by atoms with Gasteiger partial charge in [0.25, 0.3) is 0 Å². The zero-order valence-electron chi connectivity index (χ0n) is 12.5. The number of quaternary nitrogens is 1. The van der Waals surface area contributed by atoms with Crippen molar-refractivity contribution in [2.45, 2.75) is 38.6 Å². The van der Waals surface area contributed by atoms with Gasteiger partial charge in [-0.1, -0.05) is 15.9 Å². The topological polar surface area (TPSA) is 30.7 Å². The van der Waals surface area contributed by atoms with Crippen molar-refractivity contribution in [3.63, 3.8) is 0 Å². The van der Waals surface area contributed by atoms with Crippen LogP contribution in [0.3, 0.4) is 0 Å². The lowest BCUT2D eigenvalue weighted by Crippen LogP contribution is -3.22. The number of fused-ring (bicyclic) bond motifs is 1. The monoisotopic (exact) mass is 373 g/mol.